The van der Waals surface area contributed by atoms with Gasteiger partial charge < -0.3 is 4.90 Å². The molecular formula is C15H20ClN3O3S. The first-order valence-electron chi connectivity index (χ1n) is 7.63. The molecule has 0 radical (unpaired) electrons. The molecule has 8 heteroatoms. The van der Waals surface area contributed by atoms with Crippen LogP contribution >= 0.6 is 11.6 Å². The van der Waals surface area contributed by atoms with Crippen molar-refractivity contribution in [2.24, 2.45) is 0 Å². The van der Waals surface area contributed by atoms with E-state index in [1.54, 1.807) is 18.7 Å². The molecule has 1 amide bonds. The van der Waals surface area contributed by atoms with Gasteiger partial charge in [-0.05, 0) is 43.5 Å². The summed E-state index contributed by atoms with van der Waals surface area (Å²) in [6.45, 7) is 4.26. The van der Waals surface area contributed by atoms with E-state index < -0.39 is 10.2 Å². The van der Waals surface area contributed by atoms with Gasteiger partial charge in [-0.15, -0.1) is 0 Å². The summed E-state index contributed by atoms with van der Waals surface area (Å²) in [4.78, 5) is 14.2. The van der Waals surface area contributed by atoms with Crippen molar-refractivity contribution in [3.8, 4) is 0 Å². The van der Waals surface area contributed by atoms with Crippen LogP contribution in [0.25, 0.3) is 0 Å². The zero-order valence-electron chi connectivity index (χ0n) is 13.1. The number of nitrogens with one attached hydrogen (secondary N) is 1. The lowest BCUT2D eigenvalue weighted by atomic mass is 9.91. The molecule has 0 spiro atoms. The van der Waals surface area contributed by atoms with Crippen LogP contribution in [0.2, 0.25) is 5.02 Å². The quantitative estimate of drug-likeness (QED) is 0.887. The Hall–Kier alpha value is -1.15. The minimum Gasteiger partial charge on any atom is -0.333 e. The maximum absolute atomic E-state index is 12.4. The third kappa shape index (κ3) is 3.24. The number of fused-ring (bicyclic) bond motifs is 3. The first-order valence-corrected chi connectivity index (χ1v) is 9.45. The van der Waals surface area contributed by atoms with Crippen molar-refractivity contribution >= 4 is 27.7 Å². The van der Waals surface area contributed by atoms with E-state index in [2.05, 4.69) is 4.72 Å². The fourth-order valence-corrected chi connectivity index (χ4v) is 4.76. The lowest BCUT2D eigenvalue weighted by molar-refractivity contribution is -0.138. The van der Waals surface area contributed by atoms with Gasteiger partial charge >= 0.3 is 0 Å². The normalized spacial score (nSPS) is 22.2. The van der Waals surface area contributed by atoms with Gasteiger partial charge in [-0.1, -0.05) is 17.7 Å². The Bertz CT molecular complexity index is 735. The second-order valence-electron chi connectivity index (χ2n) is 6.27. The minimum absolute atomic E-state index is 0.117. The number of rotatable bonds is 3. The van der Waals surface area contributed by atoms with Crippen molar-refractivity contribution in [2.45, 2.75) is 32.4 Å². The number of carbonyl (C=O) groups excluding carboxylic acids is 1. The van der Waals surface area contributed by atoms with Gasteiger partial charge in [-0.2, -0.15) is 17.4 Å². The second kappa shape index (κ2) is 6.05. The van der Waals surface area contributed by atoms with Gasteiger partial charge in [0.05, 0.1) is 12.6 Å². The van der Waals surface area contributed by atoms with E-state index in [-0.39, 0.29) is 31.1 Å². The Morgan fingerprint density at radius 1 is 1.35 bits per heavy atom. The van der Waals surface area contributed by atoms with E-state index >= 15 is 0 Å². The second-order valence-corrected chi connectivity index (χ2v) is 8.40. The molecule has 0 saturated carbocycles. The maximum Gasteiger partial charge on any atom is 0.280 e. The van der Waals surface area contributed by atoms with Crippen LogP contribution in [0.1, 0.15) is 31.0 Å². The van der Waals surface area contributed by atoms with Crippen LogP contribution in [-0.2, 0) is 21.4 Å². The smallest absolute Gasteiger partial charge is 0.280 e. The van der Waals surface area contributed by atoms with Crippen LogP contribution < -0.4 is 4.72 Å². The Kier molecular flexibility index (Phi) is 4.39. The first-order chi connectivity index (χ1) is 10.8. The molecule has 1 unspecified atom stereocenters. The number of benzene rings is 1. The molecule has 0 aliphatic carbocycles. The molecule has 1 fully saturated rings. The molecule has 0 aromatic heterocycles. The molecule has 1 saturated heterocycles. The molecule has 2 heterocycles. The molecule has 1 aromatic rings. The van der Waals surface area contributed by atoms with Crippen molar-refractivity contribution in [2.75, 3.05) is 19.6 Å². The minimum atomic E-state index is -3.68. The fraction of sp³-hybridized carbons (Fsp3) is 0.533. The van der Waals surface area contributed by atoms with Crippen LogP contribution in [0.4, 0.5) is 0 Å². The van der Waals surface area contributed by atoms with Crippen molar-refractivity contribution in [3.05, 3.63) is 34.3 Å². The molecule has 1 aromatic carbocycles. The summed E-state index contributed by atoms with van der Waals surface area (Å²) >= 11 is 6.09. The number of carbonyl (C=O) groups is 1. The van der Waals surface area contributed by atoms with E-state index in [1.807, 2.05) is 18.2 Å². The summed E-state index contributed by atoms with van der Waals surface area (Å²) in [7, 11) is -3.68. The molecular weight excluding hydrogens is 338 g/mol. The van der Waals surface area contributed by atoms with Crippen LogP contribution in [0.15, 0.2) is 18.2 Å². The van der Waals surface area contributed by atoms with Crippen LogP contribution in [-0.4, -0.2) is 49.2 Å². The maximum atomic E-state index is 12.4. The van der Waals surface area contributed by atoms with Crippen LogP contribution in [0, 0.1) is 0 Å². The van der Waals surface area contributed by atoms with Crippen molar-refractivity contribution < 1.29 is 13.2 Å². The van der Waals surface area contributed by atoms with Gasteiger partial charge in [0.15, 0.2) is 0 Å². The highest BCUT2D eigenvalue weighted by Crippen LogP contribution is 2.35. The Labute approximate surface area is 141 Å². The number of hydrogen-bond acceptors (Lipinski definition) is 3. The predicted molar refractivity (Wildman–Crippen MR) is 88.4 cm³/mol. The van der Waals surface area contributed by atoms with E-state index in [0.29, 0.717) is 11.6 Å². The topological polar surface area (TPSA) is 69.7 Å². The molecule has 3 rings (SSSR count). The average molecular weight is 358 g/mol. The predicted octanol–water partition coefficient (Wildman–Crippen LogP) is 1.32. The summed E-state index contributed by atoms with van der Waals surface area (Å²) in [5.74, 6) is -0.166. The molecule has 2 aliphatic heterocycles. The van der Waals surface area contributed by atoms with Gasteiger partial charge in [0.1, 0.15) is 0 Å². The molecule has 126 valence electrons. The number of piperazine rings is 1. The van der Waals surface area contributed by atoms with Gasteiger partial charge in [0.25, 0.3) is 10.2 Å². The van der Waals surface area contributed by atoms with Gasteiger partial charge in [-0.3, -0.25) is 4.79 Å². The molecule has 1 atom stereocenters. The monoisotopic (exact) mass is 357 g/mol. The number of amides is 1. The zero-order valence-corrected chi connectivity index (χ0v) is 14.7. The standard InChI is InChI=1S/C15H20ClN3O3S/c1-10(2)17-23(21,22)18-8-14-13-7-12(16)4-3-11(13)5-6-19(14)15(20)9-18/h3-4,7,10,14,17H,5-6,8-9H2,1-2H3. The van der Waals surface area contributed by atoms with Crippen molar-refractivity contribution in [3.63, 3.8) is 0 Å². The highest BCUT2D eigenvalue weighted by Gasteiger charge is 2.41. The Morgan fingerprint density at radius 2 is 2.09 bits per heavy atom. The lowest BCUT2D eigenvalue weighted by Crippen LogP contribution is -2.58. The van der Waals surface area contributed by atoms with E-state index in [9.17, 15) is 13.2 Å². The van der Waals surface area contributed by atoms with Crippen LogP contribution in [0.3, 0.4) is 0 Å². The highest BCUT2D eigenvalue weighted by atomic mass is 35.5. The third-order valence-corrected chi connectivity index (χ3v) is 6.16. The first kappa shape index (κ1) is 16.7. The zero-order chi connectivity index (χ0) is 16.8. The summed E-state index contributed by atoms with van der Waals surface area (Å²) < 4.78 is 28.6. The lowest BCUT2D eigenvalue weighted by Gasteiger charge is -2.44. The molecule has 2 aliphatic rings. The van der Waals surface area contributed by atoms with Gasteiger partial charge in [0.2, 0.25) is 5.91 Å². The number of nitrogens with zero attached hydrogens (tertiary/aromatic N) is 2. The van der Waals surface area contributed by atoms with E-state index in [0.717, 1.165) is 17.5 Å². The Balaban J connectivity index is 1.94. The summed E-state index contributed by atoms with van der Waals surface area (Å²) in [5.41, 5.74) is 2.07. The SMILES string of the molecule is CC(C)NS(=O)(=O)N1CC(=O)N2CCc3ccc(Cl)cc3C2C1. The van der Waals surface area contributed by atoms with E-state index in [1.165, 1.54) is 4.31 Å². The van der Waals surface area contributed by atoms with Crippen molar-refractivity contribution in [1.82, 2.24) is 13.9 Å². The molecule has 6 nitrogen and oxygen atoms in total. The fourth-order valence-electron chi connectivity index (χ4n) is 3.22. The summed E-state index contributed by atoms with van der Waals surface area (Å²) in [6, 6.07) is 5.13. The van der Waals surface area contributed by atoms with Crippen LogP contribution in [0.5, 0.6) is 0 Å². The largest absolute Gasteiger partial charge is 0.333 e. The number of halogens is 1. The Morgan fingerprint density at radius 3 is 2.78 bits per heavy atom. The van der Waals surface area contributed by atoms with Gasteiger partial charge in [0, 0.05) is 24.2 Å². The van der Waals surface area contributed by atoms with Gasteiger partial charge in [-0.25, -0.2) is 0 Å². The molecule has 23 heavy (non-hydrogen) atoms. The number of hydrogen-bond donors (Lipinski definition) is 1. The molecule has 0 bridgehead atoms. The molecule has 1 N–H and O–H groups in total. The summed E-state index contributed by atoms with van der Waals surface area (Å²) in [5, 5.41) is 0.596. The van der Waals surface area contributed by atoms with Crippen molar-refractivity contribution in [1.29, 1.82) is 0 Å². The van der Waals surface area contributed by atoms with E-state index in [4.69, 9.17) is 11.6 Å². The highest BCUT2D eigenvalue weighted by molar-refractivity contribution is 7.87. The average Bonchev–Trinajstić information content (AvgIpc) is 2.45. The summed E-state index contributed by atoms with van der Waals surface area (Å²) in [6.07, 6.45) is 0.770. The third-order valence-electron chi connectivity index (χ3n) is 4.20.